The molecule has 0 radical (unpaired) electrons. The molecule has 2 amide bonds. The first kappa shape index (κ1) is 14.7. The van der Waals surface area contributed by atoms with E-state index >= 15 is 0 Å². The fourth-order valence-corrected chi connectivity index (χ4v) is 3.11. The van der Waals surface area contributed by atoms with Gasteiger partial charge in [-0.05, 0) is 55.7 Å². The Bertz CT molecular complexity index is 617. The number of rotatable bonds is 6. The quantitative estimate of drug-likeness (QED) is 0.878. The molecule has 0 bridgehead atoms. The standard InChI is InChI=1S/C19H24N2O2/c1-12-10-17(12)19(23)21(16-8-9-16)11-13-2-4-14(5-3-13)18(22)20-15-6-7-15/h2-5,12,15-17H,6-11H2,1H3,(H,20,22). The van der Waals surface area contributed by atoms with Crippen molar-refractivity contribution in [2.45, 2.75) is 57.7 Å². The van der Waals surface area contributed by atoms with E-state index in [2.05, 4.69) is 17.1 Å². The number of hydrogen-bond acceptors (Lipinski definition) is 2. The third-order valence-corrected chi connectivity index (χ3v) is 5.18. The lowest BCUT2D eigenvalue weighted by Crippen LogP contribution is -2.34. The Kier molecular flexibility index (Phi) is 3.63. The van der Waals surface area contributed by atoms with Crippen LogP contribution < -0.4 is 5.32 Å². The Morgan fingerprint density at radius 3 is 2.30 bits per heavy atom. The van der Waals surface area contributed by atoms with E-state index in [0.717, 1.165) is 37.7 Å². The van der Waals surface area contributed by atoms with Crippen LogP contribution >= 0.6 is 0 Å². The zero-order valence-electron chi connectivity index (χ0n) is 13.6. The molecule has 2 atom stereocenters. The molecular formula is C19H24N2O2. The molecule has 4 rings (SSSR count). The molecule has 0 spiro atoms. The highest BCUT2D eigenvalue weighted by Gasteiger charge is 2.44. The molecular weight excluding hydrogens is 288 g/mol. The van der Waals surface area contributed by atoms with Gasteiger partial charge in [0.25, 0.3) is 5.91 Å². The number of carbonyl (C=O) groups excluding carboxylic acids is 2. The molecule has 4 nitrogen and oxygen atoms in total. The molecule has 3 aliphatic rings. The lowest BCUT2D eigenvalue weighted by Gasteiger charge is -2.23. The van der Waals surface area contributed by atoms with E-state index < -0.39 is 0 Å². The summed E-state index contributed by atoms with van der Waals surface area (Å²) in [6.45, 7) is 2.83. The highest BCUT2D eigenvalue weighted by molar-refractivity contribution is 5.94. The first-order chi connectivity index (χ1) is 11.1. The number of nitrogens with one attached hydrogen (secondary N) is 1. The number of hydrogen-bond donors (Lipinski definition) is 1. The molecule has 1 N–H and O–H groups in total. The fraction of sp³-hybridized carbons (Fsp3) is 0.579. The maximum atomic E-state index is 12.6. The van der Waals surface area contributed by atoms with E-state index in [1.54, 1.807) is 0 Å². The molecule has 23 heavy (non-hydrogen) atoms. The molecule has 1 aromatic carbocycles. The normalized spacial score (nSPS) is 25.8. The summed E-state index contributed by atoms with van der Waals surface area (Å²) in [7, 11) is 0. The lowest BCUT2D eigenvalue weighted by atomic mass is 10.1. The van der Waals surface area contributed by atoms with Crippen LogP contribution in [0.1, 0.15) is 54.9 Å². The van der Waals surface area contributed by atoms with Crippen molar-refractivity contribution in [2.75, 3.05) is 0 Å². The second-order valence-corrected chi connectivity index (χ2v) is 7.46. The van der Waals surface area contributed by atoms with Gasteiger partial charge in [0.2, 0.25) is 5.91 Å². The van der Waals surface area contributed by atoms with Crippen molar-refractivity contribution in [1.29, 1.82) is 0 Å². The van der Waals surface area contributed by atoms with Gasteiger partial charge in [0.05, 0.1) is 0 Å². The molecule has 0 heterocycles. The highest BCUT2D eigenvalue weighted by Crippen LogP contribution is 2.42. The van der Waals surface area contributed by atoms with Crippen LogP contribution in [0.3, 0.4) is 0 Å². The summed E-state index contributed by atoms with van der Waals surface area (Å²) in [5.41, 5.74) is 1.82. The summed E-state index contributed by atoms with van der Waals surface area (Å²) in [4.78, 5) is 26.6. The Hall–Kier alpha value is -1.84. The van der Waals surface area contributed by atoms with E-state index in [-0.39, 0.29) is 11.8 Å². The first-order valence-electron chi connectivity index (χ1n) is 8.82. The molecule has 1 aromatic rings. The zero-order valence-corrected chi connectivity index (χ0v) is 13.6. The van der Waals surface area contributed by atoms with E-state index in [9.17, 15) is 9.59 Å². The second kappa shape index (κ2) is 5.66. The van der Waals surface area contributed by atoms with Crippen LogP contribution in [-0.4, -0.2) is 28.8 Å². The molecule has 0 saturated heterocycles. The monoisotopic (exact) mass is 312 g/mol. The van der Waals surface area contributed by atoms with Gasteiger partial charge < -0.3 is 10.2 Å². The number of carbonyl (C=O) groups is 2. The van der Waals surface area contributed by atoms with Crippen molar-refractivity contribution in [3.8, 4) is 0 Å². The number of benzene rings is 1. The van der Waals surface area contributed by atoms with Gasteiger partial charge in [-0.25, -0.2) is 0 Å². The Balaban J connectivity index is 1.40. The summed E-state index contributed by atoms with van der Waals surface area (Å²) in [5.74, 6) is 1.15. The van der Waals surface area contributed by atoms with Gasteiger partial charge in [0, 0.05) is 30.1 Å². The molecule has 0 aliphatic heterocycles. The van der Waals surface area contributed by atoms with Crippen LogP contribution in [0.25, 0.3) is 0 Å². The van der Waals surface area contributed by atoms with Gasteiger partial charge in [-0.15, -0.1) is 0 Å². The highest BCUT2D eigenvalue weighted by atomic mass is 16.2. The van der Waals surface area contributed by atoms with Crippen molar-refractivity contribution in [3.63, 3.8) is 0 Å². The lowest BCUT2D eigenvalue weighted by molar-refractivity contribution is -0.134. The van der Waals surface area contributed by atoms with Gasteiger partial charge in [0.15, 0.2) is 0 Å². The molecule has 122 valence electrons. The zero-order chi connectivity index (χ0) is 16.0. The Morgan fingerprint density at radius 2 is 1.78 bits per heavy atom. The van der Waals surface area contributed by atoms with Crippen molar-refractivity contribution >= 4 is 11.8 Å². The van der Waals surface area contributed by atoms with Gasteiger partial charge in [0.1, 0.15) is 0 Å². The number of nitrogens with zero attached hydrogens (tertiary/aromatic N) is 1. The van der Waals surface area contributed by atoms with Gasteiger partial charge >= 0.3 is 0 Å². The molecule has 3 fully saturated rings. The molecule has 3 saturated carbocycles. The minimum absolute atomic E-state index is 0.0148. The van der Waals surface area contributed by atoms with E-state index in [1.807, 2.05) is 24.3 Å². The third kappa shape index (κ3) is 3.41. The summed E-state index contributed by atoms with van der Waals surface area (Å²) < 4.78 is 0. The van der Waals surface area contributed by atoms with Crippen LogP contribution in [0.5, 0.6) is 0 Å². The predicted octanol–water partition coefficient (Wildman–Crippen LogP) is 2.73. The topological polar surface area (TPSA) is 49.4 Å². The van der Waals surface area contributed by atoms with E-state index in [0.29, 0.717) is 36.0 Å². The summed E-state index contributed by atoms with van der Waals surface area (Å²) >= 11 is 0. The minimum atomic E-state index is 0.0148. The maximum absolute atomic E-state index is 12.6. The molecule has 0 aromatic heterocycles. The van der Waals surface area contributed by atoms with Crippen molar-refractivity contribution < 1.29 is 9.59 Å². The minimum Gasteiger partial charge on any atom is -0.349 e. The Labute approximate surface area is 137 Å². The van der Waals surface area contributed by atoms with Crippen molar-refractivity contribution in [1.82, 2.24) is 10.2 Å². The van der Waals surface area contributed by atoms with E-state index in [1.165, 1.54) is 0 Å². The van der Waals surface area contributed by atoms with Gasteiger partial charge in [-0.2, -0.15) is 0 Å². The SMILES string of the molecule is CC1CC1C(=O)N(Cc1ccc(C(=O)NC2CC2)cc1)C1CC1. The van der Waals surface area contributed by atoms with Crippen molar-refractivity contribution in [3.05, 3.63) is 35.4 Å². The van der Waals surface area contributed by atoms with Crippen LogP contribution in [0, 0.1) is 11.8 Å². The summed E-state index contributed by atoms with van der Waals surface area (Å²) in [5, 5.41) is 3.00. The fourth-order valence-electron chi connectivity index (χ4n) is 3.11. The molecule has 2 unspecified atom stereocenters. The first-order valence-corrected chi connectivity index (χ1v) is 8.82. The van der Waals surface area contributed by atoms with Crippen LogP contribution in [-0.2, 0) is 11.3 Å². The van der Waals surface area contributed by atoms with Crippen molar-refractivity contribution in [2.24, 2.45) is 11.8 Å². The molecule has 4 heteroatoms. The number of amides is 2. The van der Waals surface area contributed by atoms with Crippen LogP contribution in [0.2, 0.25) is 0 Å². The molecule has 3 aliphatic carbocycles. The third-order valence-electron chi connectivity index (χ3n) is 5.18. The van der Waals surface area contributed by atoms with Crippen LogP contribution in [0.15, 0.2) is 24.3 Å². The summed E-state index contributed by atoms with van der Waals surface area (Å²) in [6.07, 6.45) is 5.51. The summed E-state index contributed by atoms with van der Waals surface area (Å²) in [6, 6.07) is 8.55. The second-order valence-electron chi connectivity index (χ2n) is 7.46. The largest absolute Gasteiger partial charge is 0.349 e. The van der Waals surface area contributed by atoms with Gasteiger partial charge in [-0.1, -0.05) is 19.1 Å². The Morgan fingerprint density at radius 1 is 1.13 bits per heavy atom. The average Bonchev–Trinajstić information content (AvgIpc) is 3.38. The average molecular weight is 312 g/mol. The van der Waals surface area contributed by atoms with Gasteiger partial charge in [-0.3, -0.25) is 9.59 Å². The maximum Gasteiger partial charge on any atom is 0.251 e. The smallest absolute Gasteiger partial charge is 0.251 e. The predicted molar refractivity (Wildman–Crippen MR) is 87.8 cm³/mol. The van der Waals surface area contributed by atoms with Crippen LogP contribution in [0.4, 0.5) is 0 Å². The van der Waals surface area contributed by atoms with E-state index in [4.69, 9.17) is 0 Å².